The first-order valence-corrected chi connectivity index (χ1v) is 8.27. The molecular weight excluding hydrogens is 277 g/mol. The third-order valence-electron chi connectivity index (χ3n) is 6.62. The maximum absolute atomic E-state index is 12.4. The molecule has 4 rings (SSSR count). The van der Waals surface area contributed by atoms with Gasteiger partial charge in [-0.25, -0.2) is 0 Å². The second-order valence-corrected chi connectivity index (χ2v) is 7.45. The van der Waals surface area contributed by atoms with Crippen LogP contribution in [0, 0.1) is 17.3 Å². The maximum Gasteiger partial charge on any atom is 0.160 e. The van der Waals surface area contributed by atoms with Gasteiger partial charge in [0.15, 0.2) is 11.5 Å². The molecule has 0 amide bonds. The normalized spacial score (nSPS) is 39.0. The summed E-state index contributed by atoms with van der Waals surface area (Å²) in [6.07, 6.45) is 5.40. The fourth-order valence-electron chi connectivity index (χ4n) is 5.44. The molecule has 3 nitrogen and oxygen atoms in total. The zero-order valence-corrected chi connectivity index (χ0v) is 12.9. The van der Waals surface area contributed by atoms with Crippen molar-refractivity contribution in [3.05, 3.63) is 23.3 Å². The van der Waals surface area contributed by atoms with Crippen LogP contribution in [0.2, 0.25) is 0 Å². The van der Waals surface area contributed by atoms with E-state index in [0.29, 0.717) is 30.0 Å². The average Bonchev–Trinajstić information content (AvgIpc) is 2.82. The van der Waals surface area contributed by atoms with Gasteiger partial charge < -0.3 is 9.84 Å². The standard InChI is InChI=1S/C19H24O3/c1-19-8-7-12-13(15(19)5-6-18(19)21)4-3-11-9-16(20)17(22-2)10-14(11)12/h9-10,12-13,15,20H,3-8H2,1-2H3/t12-,13+,15-,19-/m0/s1/i2+1D3. The van der Waals surface area contributed by atoms with Crippen molar-refractivity contribution in [1.82, 2.24) is 0 Å². The topological polar surface area (TPSA) is 46.5 Å². The number of hydrogen-bond acceptors (Lipinski definition) is 3. The Kier molecular flexibility index (Phi) is 2.39. The van der Waals surface area contributed by atoms with Gasteiger partial charge >= 0.3 is 0 Å². The molecule has 0 radical (unpaired) electrons. The van der Waals surface area contributed by atoms with Crippen molar-refractivity contribution in [1.29, 1.82) is 0 Å². The van der Waals surface area contributed by atoms with E-state index in [1.54, 1.807) is 12.1 Å². The quantitative estimate of drug-likeness (QED) is 0.802. The van der Waals surface area contributed by atoms with E-state index >= 15 is 0 Å². The number of methoxy groups -OCH3 is 1. The molecule has 4 atom stereocenters. The number of Topliss-reactive ketones (excluding diaryl/α,β-unsaturated/α-hetero) is 1. The van der Waals surface area contributed by atoms with E-state index < -0.39 is 7.04 Å². The molecule has 2 saturated carbocycles. The van der Waals surface area contributed by atoms with Gasteiger partial charge in [-0.2, -0.15) is 0 Å². The monoisotopic (exact) mass is 304 g/mol. The van der Waals surface area contributed by atoms with E-state index in [9.17, 15) is 9.90 Å². The Balaban J connectivity index is 1.70. The Bertz CT molecular complexity index is 727. The Labute approximate surface area is 135 Å². The van der Waals surface area contributed by atoms with Crippen molar-refractivity contribution in [2.24, 2.45) is 17.3 Å². The van der Waals surface area contributed by atoms with E-state index in [-0.39, 0.29) is 16.9 Å². The molecule has 3 aliphatic rings. The minimum Gasteiger partial charge on any atom is -0.504 e. The van der Waals surface area contributed by atoms with Crippen LogP contribution < -0.4 is 4.74 Å². The molecular formula is C19H24O3. The molecule has 0 aliphatic heterocycles. The summed E-state index contributed by atoms with van der Waals surface area (Å²) in [7, 11) is -2.58. The van der Waals surface area contributed by atoms with Crippen LogP contribution in [-0.2, 0) is 11.2 Å². The summed E-state index contributed by atoms with van der Waals surface area (Å²) in [5.41, 5.74) is 2.02. The van der Waals surface area contributed by atoms with Crippen LogP contribution in [0.1, 0.15) is 60.2 Å². The number of benzene rings is 1. The molecule has 2 fully saturated rings. The zero-order valence-electron chi connectivity index (χ0n) is 15.9. The summed E-state index contributed by atoms with van der Waals surface area (Å²) in [6.45, 7) is 2.14. The number of phenolic OH excluding ortho intramolecular Hbond substituents is 1. The van der Waals surface area contributed by atoms with E-state index in [2.05, 4.69) is 6.92 Å². The highest BCUT2D eigenvalue weighted by molar-refractivity contribution is 5.87. The highest BCUT2D eigenvalue weighted by atomic mass is 16.5. The number of aromatic hydroxyl groups is 1. The molecule has 3 heteroatoms. The van der Waals surface area contributed by atoms with Gasteiger partial charge in [0.25, 0.3) is 0 Å². The van der Waals surface area contributed by atoms with E-state index in [4.69, 9.17) is 8.85 Å². The minimum atomic E-state index is -2.58. The van der Waals surface area contributed by atoms with Crippen LogP contribution >= 0.6 is 0 Å². The molecule has 1 N–H and O–H groups in total. The SMILES string of the molecule is [2H][13C]([2H])([2H])Oc1cc2c(cc1O)CC[C@@H]1[C@@H]2CC[C@]2(C)C(=O)CC[C@@H]12. The van der Waals surface area contributed by atoms with Crippen LogP contribution in [0.15, 0.2) is 12.1 Å². The second-order valence-electron chi connectivity index (χ2n) is 7.45. The number of phenols is 1. The minimum absolute atomic E-state index is 0.0373. The molecule has 1 aromatic rings. The molecule has 22 heavy (non-hydrogen) atoms. The van der Waals surface area contributed by atoms with Gasteiger partial charge in [0.1, 0.15) is 5.78 Å². The Morgan fingerprint density at radius 1 is 1.32 bits per heavy atom. The largest absolute Gasteiger partial charge is 0.504 e. The average molecular weight is 304 g/mol. The first-order valence-electron chi connectivity index (χ1n) is 9.77. The Hall–Kier alpha value is -1.51. The van der Waals surface area contributed by atoms with E-state index in [0.717, 1.165) is 43.2 Å². The van der Waals surface area contributed by atoms with Gasteiger partial charge in [-0.15, -0.1) is 0 Å². The number of fused-ring (bicyclic) bond motifs is 5. The maximum atomic E-state index is 12.4. The van der Waals surface area contributed by atoms with E-state index in [1.165, 1.54) is 0 Å². The van der Waals surface area contributed by atoms with Gasteiger partial charge in [0, 0.05) is 11.8 Å². The lowest BCUT2D eigenvalue weighted by Gasteiger charge is -2.48. The zero-order chi connectivity index (χ0) is 18.0. The van der Waals surface area contributed by atoms with E-state index in [1.807, 2.05) is 0 Å². The van der Waals surface area contributed by atoms with Crippen LogP contribution in [0.5, 0.6) is 11.5 Å². The molecule has 0 unspecified atom stereocenters. The molecule has 0 saturated heterocycles. The van der Waals surface area contributed by atoms with Gasteiger partial charge in [-0.3, -0.25) is 4.79 Å². The van der Waals surface area contributed by atoms with Gasteiger partial charge in [0.2, 0.25) is 0 Å². The van der Waals surface area contributed by atoms with Crippen molar-refractivity contribution in [2.75, 3.05) is 7.04 Å². The number of ketones is 1. The number of rotatable bonds is 1. The number of carbonyl (C=O) groups is 1. The Morgan fingerprint density at radius 3 is 3.00 bits per heavy atom. The first kappa shape index (κ1) is 11.1. The summed E-state index contributed by atoms with van der Waals surface area (Å²) in [5, 5.41) is 10.1. The summed E-state index contributed by atoms with van der Waals surface area (Å²) in [5.74, 6) is 1.56. The number of hydrogen-bond donors (Lipinski definition) is 1. The second kappa shape index (κ2) is 4.74. The molecule has 3 aliphatic carbocycles. The molecule has 0 spiro atoms. The van der Waals surface area contributed by atoms with Crippen molar-refractivity contribution in [3.8, 4) is 11.5 Å². The summed E-state index contributed by atoms with van der Waals surface area (Å²) >= 11 is 0. The Morgan fingerprint density at radius 2 is 2.18 bits per heavy atom. The van der Waals surface area contributed by atoms with Gasteiger partial charge in [-0.1, -0.05) is 6.92 Å². The molecule has 1 aromatic carbocycles. The van der Waals surface area contributed by atoms with Crippen molar-refractivity contribution < 1.29 is 18.8 Å². The van der Waals surface area contributed by atoms with Crippen LogP contribution in [0.25, 0.3) is 0 Å². The summed E-state index contributed by atoms with van der Waals surface area (Å²) in [6, 6.07) is 3.40. The summed E-state index contributed by atoms with van der Waals surface area (Å²) in [4.78, 5) is 12.4. The molecule has 0 heterocycles. The number of aryl methyl sites for hydroxylation is 1. The van der Waals surface area contributed by atoms with Crippen molar-refractivity contribution >= 4 is 5.78 Å². The summed E-state index contributed by atoms with van der Waals surface area (Å²) < 4.78 is 26.9. The fourth-order valence-corrected chi connectivity index (χ4v) is 5.44. The van der Waals surface area contributed by atoms with Crippen LogP contribution in [-0.4, -0.2) is 17.9 Å². The first-order chi connectivity index (χ1) is 11.7. The third kappa shape index (κ3) is 1.77. The lowest BCUT2D eigenvalue weighted by atomic mass is 9.55. The predicted molar refractivity (Wildman–Crippen MR) is 84.3 cm³/mol. The third-order valence-corrected chi connectivity index (χ3v) is 6.62. The van der Waals surface area contributed by atoms with Crippen LogP contribution in [0.4, 0.5) is 0 Å². The van der Waals surface area contributed by atoms with Crippen molar-refractivity contribution in [3.63, 3.8) is 0 Å². The van der Waals surface area contributed by atoms with Crippen molar-refractivity contribution in [2.45, 2.75) is 51.4 Å². The highest BCUT2D eigenvalue weighted by Gasteiger charge is 2.54. The predicted octanol–water partition coefficient (Wildman–Crippen LogP) is 3.83. The number of carbonyl (C=O) groups excluding carboxylic acids is 1. The lowest BCUT2D eigenvalue weighted by molar-refractivity contribution is -0.129. The smallest absolute Gasteiger partial charge is 0.160 e. The van der Waals surface area contributed by atoms with Crippen LogP contribution in [0.3, 0.4) is 0 Å². The highest BCUT2D eigenvalue weighted by Crippen LogP contribution is 2.60. The molecule has 0 bridgehead atoms. The molecule has 0 aromatic heterocycles. The van der Waals surface area contributed by atoms with Gasteiger partial charge in [-0.05, 0) is 73.1 Å². The van der Waals surface area contributed by atoms with Gasteiger partial charge in [0.05, 0.1) is 11.2 Å². The number of ether oxygens (including phenoxy) is 1. The molecule has 118 valence electrons. The fraction of sp³-hybridized carbons (Fsp3) is 0.632. The lowest BCUT2D eigenvalue weighted by Crippen LogP contribution is -2.42.